The molecule has 0 amide bonds. The lowest BCUT2D eigenvalue weighted by atomic mass is 10.0. The predicted octanol–water partition coefficient (Wildman–Crippen LogP) is 3.43. The van der Waals surface area contributed by atoms with Gasteiger partial charge in [-0.2, -0.15) is 0 Å². The molecular formula is C24H32N2O2. The number of ether oxygens (including phenoxy) is 1. The van der Waals surface area contributed by atoms with Gasteiger partial charge >= 0.3 is 0 Å². The molecule has 3 atom stereocenters. The van der Waals surface area contributed by atoms with Crippen molar-refractivity contribution in [2.75, 3.05) is 26.2 Å². The second-order valence-electron chi connectivity index (χ2n) is 8.68. The fraction of sp³-hybridized carbons (Fsp3) is 0.500. The van der Waals surface area contributed by atoms with Gasteiger partial charge in [0.25, 0.3) is 0 Å². The number of nitrogens with zero attached hydrogens (tertiary/aromatic N) is 1. The molecule has 4 heteroatoms. The van der Waals surface area contributed by atoms with Crippen molar-refractivity contribution in [2.45, 2.75) is 49.8 Å². The van der Waals surface area contributed by atoms with E-state index in [0.717, 1.165) is 31.7 Å². The highest BCUT2D eigenvalue weighted by molar-refractivity contribution is 5.27. The maximum absolute atomic E-state index is 10.7. The highest BCUT2D eigenvalue weighted by Crippen LogP contribution is 2.41. The zero-order valence-corrected chi connectivity index (χ0v) is 16.8. The molecule has 0 bridgehead atoms. The minimum Gasteiger partial charge on any atom is -0.491 e. The zero-order valence-electron chi connectivity index (χ0n) is 16.8. The van der Waals surface area contributed by atoms with Crippen molar-refractivity contribution in [1.82, 2.24) is 10.2 Å². The van der Waals surface area contributed by atoms with Gasteiger partial charge in [0.15, 0.2) is 0 Å². The largest absolute Gasteiger partial charge is 0.491 e. The van der Waals surface area contributed by atoms with Crippen molar-refractivity contribution in [3.63, 3.8) is 0 Å². The third kappa shape index (κ3) is 5.34. The minimum absolute atomic E-state index is 0.315. The number of likely N-dealkylation sites (tertiary alicyclic amines) is 1. The Labute approximate surface area is 168 Å². The van der Waals surface area contributed by atoms with Gasteiger partial charge in [0, 0.05) is 24.5 Å². The Balaban J connectivity index is 1.17. The van der Waals surface area contributed by atoms with Crippen LogP contribution in [0.25, 0.3) is 0 Å². The Morgan fingerprint density at radius 2 is 1.68 bits per heavy atom. The number of rotatable bonds is 8. The maximum Gasteiger partial charge on any atom is 0.119 e. The topological polar surface area (TPSA) is 44.7 Å². The highest BCUT2D eigenvalue weighted by Gasteiger charge is 2.39. The molecule has 1 aliphatic carbocycles. The first kappa shape index (κ1) is 19.4. The van der Waals surface area contributed by atoms with Gasteiger partial charge in [0.2, 0.25) is 0 Å². The van der Waals surface area contributed by atoms with Gasteiger partial charge in [-0.25, -0.2) is 0 Å². The molecule has 1 unspecified atom stereocenters. The molecule has 2 aromatic carbocycles. The third-order valence-corrected chi connectivity index (χ3v) is 5.91. The van der Waals surface area contributed by atoms with E-state index in [1.54, 1.807) is 0 Å². The summed E-state index contributed by atoms with van der Waals surface area (Å²) < 4.78 is 5.76. The van der Waals surface area contributed by atoms with Crippen LogP contribution in [0.1, 0.15) is 37.7 Å². The summed E-state index contributed by atoms with van der Waals surface area (Å²) in [5.41, 5.74) is 0.622. The number of para-hydroxylation sites is 1. The molecular weight excluding hydrogens is 348 g/mol. The van der Waals surface area contributed by atoms with Crippen molar-refractivity contribution >= 4 is 0 Å². The van der Waals surface area contributed by atoms with Crippen molar-refractivity contribution in [2.24, 2.45) is 0 Å². The first-order chi connectivity index (χ1) is 13.6. The number of piperidine rings is 1. The van der Waals surface area contributed by atoms with Crippen LogP contribution in [-0.4, -0.2) is 53.9 Å². The lowest BCUT2D eigenvalue weighted by Crippen LogP contribution is -2.50. The van der Waals surface area contributed by atoms with Crippen molar-refractivity contribution in [1.29, 1.82) is 0 Å². The summed E-state index contributed by atoms with van der Waals surface area (Å²) in [6.45, 7) is 4.90. The van der Waals surface area contributed by atoms with Crippen LogP contribution in [0.5, 0.6) is 5.75 Å². The Morgan fingerprint density at radius 1 is 1.04 bits per heavy atom. The second kappa shape index (κ2) is 8.64. The smallest absolute Gasteiger partial charge is 0.119 e. The summed E-state index contributed by atoms with van der Waals surface area (Å²) >= 11 is 0. The average Bonchev–Trinajstić information content (AvgIpc) is 3.48. The van der Waals surface area contributed by atoms with Gasteiger partial charge in [-0.05, 0) is 57.0 Å². The molecule has 1 aliphatic heterocycles. The summed E-state index contributed by atoms with van der Waals surface area (Å²) in [6.07, 6.45) is 3.55. The fourth-order valence-electron chi connectivity index (χ4n) is 4.29. The average molecular weight is 381 g/mol. The molecule has 150 valence electrons. The molecule has 2 aliphatic rings. The number of nitrogens with one attached hydrogen (secondary N) is 1. The summed E-state index contributed by atoms with van der Waals surface area (Å²) in [6, 6.07) is 21.8. The molecule has 2 N–H and O–H groups in total. The lowest BCUT2D eigenvalue weighted by molar-refractivity contribution is -0.0227. The van der Waals surface area contributed by atoms with Gasteiger partial charge in [0.1, 0.15) is 18.0 Å². The van der Waals surface area contributed by atoms with Crippen LogP contribution < -0.4 is 10.1 Å². The van der Waals surface area contributed by atoms with Crippen molar-refractivity contribution in [3.8, 4) is 5.75 Å². The van der Waals surface area contributed by atoms with E-state index in [-0.39, 0.29) is 0 Å². The molecule has 4 nitrogen and oxygen atoms in total. The van der Waals surface area contributed by atoms with Gasteiger partial charge in [-0.1, -0.05) is 48.5 Å². The van der Waals surface area contributed by atoms with Crippen LogP contribution in [0.15, 0.2) is 60.7 Å². The molecule has 2 aromatic rings. The van der Waals surface area contributed by atoms with Crippen LogP contribution >= 0.6 is 0 Å². The number of hydrogen-bond donors (Lipinski definition) is 2. The summed E-state index contributed by atoms with van der Waals surface area (Å²) in [7, 11) is 0. The second-order valence-corrected chi connectivity index (χ2v) is 8.68. The third-order valence-electron chi connectivity index (χ3n) is 5.91. The standard InChI is InChI=1S/C24H32N2O2/c1-24(27,18-28-21-10-6-3-7-11-21)17-26-14-12-20(13-15-26)25-23-16-22(23)19-8-4-2-5-9-19/h2-11,20,22-23,25,27H,12-18H2,1H3/t22-,23+,24?/m1/s1. The van der Waals surface area contributed by atoms with Crippen LogP contribution in [0.2, 0.25) is 0 Å². The SMILES string of the molecule is CC(O)(COc1ccccc1)CN1CCC(N[C@H]2C[C@@H]2c2ccccc2)CC1. The number of hydrogen-bond acceptors (Lipinski definition) is 4. The Kier molecular flexibility index (Phi) is 6.00. The minimum atomic E-state index is -0.842. The lowest BCUT2D eigenvalue weighted by Gasteiger charge is -2.36. The van der Waals surface area contributed by atoms with Crippen molar-refractivity contribution < 1.29 is 9.84 Å². The number of benzene rings is 2. The fourth-order valence-corrected chi connectivity index (χ4v) is 4.29. The molecule has 2 fully saturated rings. The maximum atomic E-state index is 10.7. The van der Waals surface area contributed by atoms with Crippen LogP contribution in [-0.2, 0) is 0 Å². The highest BCUT2D eigenvalue weighted by atomic mass is 16.5. The quantitative estimate of drug-likeness (QED) is 0.737. The molecule has 0 spiro atoms. The van der Waals surface area contributed by atoms with Gasteiger partial charge < -0.3 is 20.1 Å². The van der Waals surface area contributed by atoms with Gasteiger partial charge in [-0.15, -0.1) is 0 Å². The summed E-state index contributed by atoms with van der Waals surface area (Å²) in [5, 5.41) is 14.6. The molecule has 0 aromatic heterocycles. The zero-order chi connectivity index (χ0) is 19.4. The summed E-state index contributed by atoms with van der Waals surface area (Å²) in [4.78, 5) is 2.37. The van der Waals surface area contributed by atoms with E-state index in [1.165, 1.54) is 12.0 Å². The predicted molar refractivity (Wildman–Crippen MR) is 113 cm³/mol. The summed E-state index contributed by atoms with van der Waals surface area (Å²) in [5.74, 6) is 1.50. The molecule has 28 heavy (non-hydrogen) atoms. The monoisotopic (exact) mass is 380 g/mol. The first-order valence-corrected chi connectivity index (χ1v) is 10.5. The molecule has 0 radical (unpaired) electrons. The molecule has 4 rings (SSSR count). The van der Waals surface area contributed by atoms with Crippen LogP contribution in [0.4, 0.5) is 0 Å². The van der Waals surface area contributed by atoms with E-state index in [9.17, 15) is 5.11 Å². The Hall–Kier alpha value is -1.88. The number of β-amino-alcohol motifs (C(OH)–C–C–N with tert-alkyl or cyclic N) is 1. The van der Waals surface area contributed by atoms with Crippen molar-refractivity contribution in [3.05, 3.63) is 66.2 Å². The molecule has 1 heterocycles. The van der Waals surface area contributed by atoms with Gasteiger partial charge in [-0.3, -0.25) is 0 Å². The van der Waals surface area contributed by atoms with Crippen LogP contribution in [0, 0.1) is 0 Å². The van der Waals surface area contributed by atoms with E-state index in [0.29, 0.717) is 31.2 Å². The van der Waals surface area contributed by atoms with E-state index >= 15 is 0 Å². The van der Waals surface area contributed by atoms with Gasteiger partial charge in [0.05, 0.1) is 0 Å². The van der Waals surface area contributed by atoms with E-state index < -0.39 is 5.60 Å². The Bertz CT molecular complexity index is 727. The molecule has 1 saturated carbocycles. The van der Waals surface area contributed by atoms with E-state index in [1.807, 2.05) is 37.3 Å². The normalized spacial score (nSPS) is 25.2. The first-order valence-electron chi connectivity index (χ1n) is 10.5. The molecule has 1 saturated heterocycles. The van der Waals surface area contributed by atoms with E-state index in [2.05, 4.69) is 40.5 Å². The number of aliphatic hydroxyl groups is 1. The van der Waals surface area contributed by atoms with E-state index in [4.69, 9.17) is 4.74 Å². The Morgan fingerprint density at radius 3 is 2.36 bits per heavy atom. The van der Waals surface area contributed by atoms with Crippen LogP contribution in [0.3, 0.4) is 0 Å².